The second-order valence-corrected chi connectivity index (χ2v) is 4.67. The van der Waals surface area contributed by atoms with E-state index in [1.54, 1.807) is 0 Å². The van der Waals surface area contributed by atoms with Crippen LogP contribution in [0.15, 0.2) is 12.2 Å². The molecule has 1 aliphatic heterocycles. The van der Waals surface area contributed by atoms with Gasteiger partial charge in [0.1, 0.15) is 0 Å². The predicted molar refractivity (Wildman–Crippen MR) is 68.9 cm³/mol. The lowest BCUT2D eigenvalue weighted by atomic mass is 9.97. The number of piperidine rings is 1. The van der Waals surface area contributed by atoms with Crippen LogP contribution in [0, 0.1) is 5.92 Å². The zero-order chi connectivity index (χ0) is 12.1. The van der Waals surface area contributed by atoms with E-state index in [0.29, 0.717) is 6.54 Å². The topological polar surface area (TPSA) is 58.4 Å². The molecule has 0 aromatic heterocycles. The van der Waals surface area contributed by atoms with Crippen molar-refractivity contribution in [2.45, 2.75) is 19.8 Å². The van der Waals surface area contributed by atoms with Gasteiger partial charge in [0, 0.05) is 25.6 Å². The van der Waals surface area contributed by atoms with Gasteiger partial charge in [-0.05, 0) is 32.0 Å². The molecule has 4 nitrogen and oxygen atoms in total. The minimum atomic E-state index is -0.194. The van der Waals surface area contributed by atoms with Crippen LogP contribution in [0.3, 0.4) is 0 Å². The molecular formula is C11H19N3OS. The van der Waals surface area contributed by atoms with E-state index >= 15 is 0 Å². The van der Waals surface area contributed by atoms with Crippen LogP contribution in [0.4, 0.5) is 0 Å². The largest absolute Gasteiger partial charge is 0.369 e. The van der Waals surface area contributed by atoms with Gasteiger partial charge < -0.3 is 16.0 Å². The summed E-state index contributed by atoms with van der Waals surface area (Å²) in [6.07, 6.45) is 1.59. The van der Waals surface area contributed by atoms with E-state index in [9.17, 15) is 4.79 Å². The Kier molecular flexibility index (Phi) is 4.73. The van der Waals surface area contributed by atoms with Crippen LogP contribution >= 0.6 is 12.2 Å². The second-order valence-electron chi connectivity index (χ2n) is 4.28. The molecule has 1 heterocycles. The first-order valence-corrected chi connectivity index (χ1v) is 5.88. The van der Waals surface area contributed by atoms with Crippen LogP contribution in [0.1, 0.15) is 19.8 Å². The van der Waals surface area contributed by atoms with Crippen LogP contribution in [0.5, 0.6) is 0 Å². The highest BCUT2D eigenvalue weighted by Gasteiger charge is 2.23. The SMILES string of the molecule is C=C(C)CNC(=S)N1CCC(C(N)=O)CC1. The zero-order valence-electron chi connectivity index (χ0n) is 9.66. The summed E-state index contributed by atoms with van der Waals surface area (Å²) in [5.41, 5.74) is 6.32. The number of likely N-dealkylation sites (tertiary alicyclic amines) is 1. The van der Waals surface area contributed by atoms with Crippen molar-refractivity contribution in [3.63, 3.8) is 0 Å². The van der Waals surface area contributed by atoms with Crippen molar-refractivity contribution in [1.29, 1.82) is 0 Å². The molecule has 0 saturated carbocycles. The van der Waals surface area contributed by atoms with Gasteiger partial charge in [-0.2, -0.15) is 0 Å². The summed E-state index contributed by atoms with van der Waals surface area (Å²) in [5.74, 6) is -0.180. The highest BCUT2D eigenvalue weighted by Crippen LogP contribution is 2.16. The van der Waals surface area contributed by atoms with Crippen molar-refractivity contribution in [2.24, 2.45) is 11.7 Å². The summed E-state index contributed by atoms with van der Waals surface area (Å²) in [7, 11) is 0. The van der Waals surface area contributed by atoms with Gasteiger partial charge in [0.25, 0.3) is 0 Å². The highest BCUT2D eigenvalue weighted by molar-refractivity contribution is 7.80. The lowest BCUT2D eigenvalue weighted by Gasteiger charge is -2.32. The Hall–Kier alpha value is -1.10. The van der Waals surface area contributed by atoms with Crippen molar-refractivity contribution >= 4 is 23.2 Å². The summed E-state index contributed by atoms with van der Waals surface area (Å²) in [4.78, 5) is 13.1. The number of amides is 1. The molecule has 0 spiro atoms. The molecule has 0 atom stereocenters. The maximum Gasteiger partial charge on any atom is 0.220 e. The Morgan fingerprint density at radius 2 is 2.12 bits per heavy atom. The Balaban J connectivity index is 2.33. The minimum Gasteiger partial charge on any atom is -0.369 e. The number of carbonyl (C=O) groups is 1. The molecule has 1 amide bonds. The molecule has 0 radical (unpaired) electrons. The maximum absolute atomic E-state index is 11.0. The minimum absolute atomic E-state index is 0.0141. The number of nitrogens with zero attached hydrogens (tertiary/aromatic N) is 1. The van der Waals surface area contributed by atoms with Crippen LogP contribution < -0.4 is 11.1 Å². The van der Waals surface area contributed by atoms with E-state index in [2.05, 4.69) is 16.8 Å². The molecule has 1 aliphatic rings. The standard InChI is InChI=1S/C11H19N3OS/c1-8(2)7-13-11(16)14-5-3-9(4-6-14)10(12)15/h9H,1,3-7H2,2H3,(H2,12,15)(H,13,16). The number of nitrogens with one attached hydrogen (secondary N) is 1. The monoisotopic (exact) mass is 241 g/mol. The van der Waals surface area contributed by atoms with Crippen LogP contribution in [0.25, 0.3) is 0 Å². The molecule has 0 unspecified atom stereocenters. The molecule has 0 aromatic carbocycles. The fraction of sp³-hybridized carbons (Fsp3) is 0.636. The van der Waals surface area contributed by atoms with Crippen LogP contribution in [-0.4, -0.2) is 35.6 Å². The van der Waals surface area contributed by atoms with E-state index in [1.165, 1.54) is 0 Å². The average molecular weight is 241 g/mol. The summed E-state index contributed by atoms with van der Waals surface area (Å²) in [6, 6.07) is 0. The highest BCUT2D eigenvalue weighted by atomic mass is 32.1. The van der Waals surface area contributed by atoms with Gasteiger partial charge in [-0.3, -0.25) is 4.79 Å². The number of thiocarbonyl (C=S) groups is 1. The summed E-state index contributed by atoms with van der Waals surface area (Å²) >= 11 is 5.25. The number of nitrogens with two attached hydrogens (primary N) is 1. The average Bonchev–Trinajstić information content (AvgIpc) is 2.26. The van der Waals surface area contributed by atoms with E-state index in [0.717, 1.165) is 36.6 Å². The van der Waals surface area contributed by atoms with Gasteiger partial charge in [-0.15, -0.1) is 0 Å². The fourth-order valence-corrected chi connectivity index (χ4v) is 1.96. The van der Waals surface area contributed by atoms with E-state index in [4.69, 9.17) is 18.0 Å². The molecule has 90 valence electrons. The van der Waals surface area contributed by atoms with Crippen molar-refractivity contribution in [2.75, 3.05) is 19.6 Å². The first kappa shape index (κ1) is 13.0. The Labute approximate surface area is 102 Å². The first-order chi connectivity index (χ1) is 7.50. The van der Waals surface area contributed by atoms with Gasteiger partial charge in [0.2, 0.25) is 5.91 Å². The molecule has 5 heteroatoms. The number of rotatable bonds is 3. The summed E-state index contributed by atoms with van der Waals surface area (Å²) in [5, 5.41) is 3.88. The van der Waals surface area contributed by atoms with Crippen LogP contribution in [-0.2, 0) is 4.79 Å². The molecule has 1 fully saturated rings. The number of hydrogen-bond donors (Lipinski definition) is 2. The third-order valence-corrected chi connectivity index (χ3v) is 3.13. The molecule has 3 N–H and O–H groups in total. The number of carbonyl (C=O) groups excluding carboxylic acids is 1. The summed E-state index contributed by atoms with van der Waals surface area (Å²) in [6.45, 7) is 8.06. The Morgan fingerprint density at radius 3 is 2.56 bits per heavy atom. The van der Waals surface area contributed by atoms with Crippen molar-refractivity contribution < 1.29 is 4.79 Å². The molecule has 0 bridgehead atoms. The molecule has 0 aliphatic carbocycles. The lowest BCUT2D eigenvalue weighted by Crippen LogP contribution is -2.46. The molecule has 0 aromatic rings. The van der Waals surface area contributed by atoms with Gasteiger partial charge in [0.05, 0.1) is 0 Å². The van der Waals surface area contributed by atoms with Gasteiger partial charge in [-0.25, -0.2) is 0 Å². The molecule has 16 heavy (non-hydrogen) atoms. The van der Waals surface area contributed by atoms with Crippen molar-refractivity contribution in [3.05, 3.63) is 12.2 Å². The maximum atomic E-state index is 11.0. The molecular weight excluding hydrogens is 222 g/mol. The smallest absolute Gasteiger partial charge is 0.220 e. The van der Waals surface area contributed by atoms with Crippen LogP contribution in [0.2, 0.25) is 0 Å². The summed E-state index contributed by atoms with van der Waals surface area (Å²) < 4.78 is 0. The number of primary amides is 1. The van der Waals surface area contributed by atoms with Gasteiger partial charge in [-0.1, -0.05) is 12.2 Å². The van der Waals surface area contributed by atoms with E-state index in [1.807, 2.05) is 6.92 Å². The van der Waals surface area contributed by atoms with Crippen molar-refractivity contribution in [1.82, 2.24) is 10.2 Å². The lowest BCUT2D eigenvalue weighted by molar-refractivity contribution is -0.122. The molecule has 1 rings (SSSR count). The zero-order valence-corrected chi connectivity index (χ0v) is 10.5. The third kappa shape index (κ3) is 3.81. The second kappa shape index (κ2) is 5.84. The van der Waals surface area contributed by atoms with Gasteiger partial charge in [0.15, 0.2) is 5.11 Å². The Bertz CT molecular complexity index is 296. The predicted octanol–water partition coefficient (Wildman–Crippen LogP) is 0.634. The number of hydrogen-bond acceptors (Lipinski definition) is 2. The molecule has 1 saturated heterocycles. The first-order valence-electron chi connectivity index (χ1n) is 5.47. The van der Waals surface area contributed by atoms with Gasteiger partial charge >= 0.3 is 0 Å². The van der Waals surface area contributed by atoms with E-state index < -0.39 is 0 Å². The van der Waals surface area contributed by atoms with E-state index in [-0.39, 0.29) is 11.8 Å². The third-order valence-electron chi connectivity index (χ3n) is 2.73. The van der Waals surface area contributed by atoms with Crippen molar-refractivity contribution in [3.8, 4) is 0 Å². The Morgan fingerprint density at radius 1 is 1.56 bits per heavy atom. The fourth-order valence-electron chi connectivity index (χ4n) is 1.71. The quantitative estimate of drug-likeness (QED) is 0.562. The normalized spacial score (nSPS) is 16.9.